The molecular formula is C18H36NO8P. The van der Waals surface area contributed by atoms with Gasteiger partial charge in [-0.25, -0.2) is 4.57 Å². The number of hydrogen-bond acceptors (Lipinski definition) is 7. The second-order valence-corrected chi connectivity index (χ2v) is 7.96. The number of aliphatic hydroxyl groups is 1. The minimum absolute atomic E-state index is 0.0688. The molecule has 0 saturated carbocycles. The van der Waals surface area contributed by atoms with Crippen LogP contribution in [0.3, 0.4) is 0 Å². The van der Waals surface area contributed by atoms with E-state index >= 15 is 0 Å². The SMILES string of the molecule is CCCCCCCCCC(=O)OCC(O)COP(=O)(O)OCCNC(=O)CC. The highest BCUT2D eigenvalue weighted by Crippen LogP contribution is 2.42. The molecule has 10 heteroatoms. The zero-order valence-corrected chi connectivity index (χ0v) is 18.0. The molecule has 0 fully saturated rings. The summed E-state index contributed by atoms with van der Waals surface area (Å²) in [5.74, 6) is -0.617. The van der Waals surface area contributed by atoms with Crippen molar-refractivity contribution in [1.82, 2.24) is 5.32 Å². The van der Waals surface area contributed by atoms with Gasteiger partial charge in [0.05, 0.1) is 13.2 Å². The Bertz CT molecular complexity index is 475. The van der Waals surface area contributed by atoms with E-state index < -0.39 is 26.5 Å². The molecule has 0 aromatic rings. The molecule has 0 saturated heterocycles. The average molecular weight is 425 g/mol. The van der Waals surface area contributed by atoms with E-state index in [-0.39, 0.29) is 32.1 Å². The average Bonchev–Trinajstić information content (AvgIpc) is 2.67. The third-order valence-electron chi connectivity index (χ3n) is 3.85. The minimum atomic E-state index is -4.35. The minimum Gasteiger partial charge on any atom is -0.463 e. The molecule has 0 rings (SSSR count). The maximum absolute atomic E-state index is 11.6. The third-order valence-corrected chi connectivity index (χ3v) is 4.84. The molecule has 0 aliphatic heterocycles. The van der Waals surface area contributed by atoms with E-state index in [0.717, 1.165) is 19.3 Å². The van der Waals surface area contributed by atoms with E-state index in [2.05, 4.69) is 21.3 Å². The third kappa shape index (κ3) is 17.1. The fraction of sp³-hybridized carbons (Fsp3) is 0.889. The number of rotatable bonds is 18. The van der Waals surface area contributed by atoms with Gasteiger partial charge < -0.3 is 20.1 Å². The highest BCUT2D eigenvalue weighted by molar-refractivity contribution is 7.47. The van der Waals surface area contributed by atoms with E-state index in [4.69, 9.17) is 4.74 Å². The van der Waals surface area contributed by atoms with Crippen molar-refractivity contribution < 1.29 is 37.9 Å². The summed E-state index contributed by atoms with van der Waals surface area (Å²) in [5.41, 5.74) is 0. The molecule has 2 unspecified atom stereocenters. The van der Waals surface area contributed by atoms with Crippen molar-refractivity contribution >= 4 is 19.7 Å². The molecule has 0 spiro atoms. The first-order valence-electron chi connectivity index (χ1n) is 10.0. The Morgan fingerprint density at radius 1 is 1.00 bits per heavy atom. The zero-order chi connectivity index (χ0) is 21.3. The molecule has 0 bridgehead atoms. The van der Waals surface area contributed by atoms with Crippen LogP contribution in [0.15, 0.2) is 0 Å². The molecule has 3 N–H and O–H groups in total. The molecule has 9 nitrogen and oxygen atoms in total. The van der Waals surface area contributed by atoms with Crippen molar-refractivity contribution in [2.75, 3.05) is 26.4 Å². The molecular weight excluding hydrogens is 389 g/mol. The largest absolute Gasteiger partial charge is 0.472 e. The van der Waals surface area contributed by atoms with E-state index in [1.54, 1.807) is 6.92 Å². The van der Waals surface area contributed by atoms with Crippen molar-refractivity contribution in [2.45, 2.75) is 77.7 Å². The lowest BCUT2D eigenvalue weighted by molar-refractivity contribution is -0.147. The van der Waals surface area contributed by atoms with Gasteiger partial charge in [0.15, 0.2) is 0 Å². The number of unbranched alkanes of at least 4 members (excludes halogenated alkanes) is 6. The summed E-state index contributed by atoms with van der Waals surface area (Å²) in [7, 11) is -4.35. The molecule has 0 aromatic heterocycles. The maximum Gasteiger partial charge on any atom is 0.472 e. The summed E-state index contributed by atoms with van der Waals surface area (Å²) in [6.45, 7) is 2.88. The normalized spacial score (nSPS) is 14.3. The lowest BCUT2D eigenvalue weighted by atomic mass is 10.1. The highest BCUT2D eigenvalue weighted by Gasteiger charge is 2.23. The number of carbonyl (C=O) groups is 2. The molecule has 0 radical (unpaired) electrons. The van der Waals surface area contributed by atoms with Crippen molar-refractivity contribution in [3.05, 3.63) is 0 Å². The Morgan fingerprint density at radius 2 is 1.64 bits per heavy atom. The lowest BCUT2D eigenvalue weighted by Crippen LogP contribution is -2.26. The van der Waals surface area contributed by atoms with Crippen LogP contribution in [-0.2, 0) is 27.9 Å². The first kappa shape index (κ1) is 27.0. The van der Waals surface area contributed by atoms with Crippen LogP contribution in [0.2, 0.25) is 0 Å². The number of hydrogen-bond donors (Lipinski definition) is 3. The van der Waals surface area contributed by atoms with Crippen LogP contribution in [0.5, 0.6) is 0 Å². The number of ether oxygens (including phenoxy) is 1. The van der Waals surface area contributed by atoms with Crippen LogP contribution in [0.25, 0.3) is 0 Å². The van der Waals surface area contributed by atoms with Gasteiger partial charge in [0.2, 0.25) is 5.91 Å². The number of phosphoric ester groups is 1. The zero-order valence-electron chi connectivity index (χ0n) is 17.1. The molecule has 0 aromatic carbocycles. The fourth-order valence-corrected chi connectivity index (χ4v) is 2.99. The number of carbonyl (C=O) groups excluding carboxylic acids is 2. The van der Waals surface area contributed by atoms with Gasteiger partial charge in [-0.1, -0.05) is 52.4 Å². The monoisotopic (exact) mass is 425 g/mol. The summed E-state index contributed by atoms with van der Waals surface area (Å²) in [6, 6.07) is 0. The second kappa shape index (κ2) is 16.9. The molecule has 0 heterocycles. The topological polar surface area (TPSA) is 131 Å². The Labute approximate surface area is 167 Å². The number of aliphatic hydroxyl groups excluding tert-OH is 1. The molecule has 2 atom stereocenters. The number of nitrogens with one attached hydrogen (secondary N) is 1. The van der Waals surface area contributed by atoms with Gasteiger partial charge in [0.25, 0.3) is 0 Å². The molecule has 0 aliphatic carbocycles. The summed E-state index contributed by atoms with van der Waals surface area (Å²) < 4.78 is 25.8. The second-order valence-electron chi connectivity index (χ2n) is 6.51. The standard InChI is InChI=1S/C18H36NO8P/c1-3-5-6-7-8-9-10-11-18(22)25-14-16(20)15-27-28(23,24)26-13-12-19-17(21)4-2/h16,20H,3-15H2,1-2H3,(H,19,21)(H,23,24). The van der Waals surface area contributed by atoms with Crippen LogP contribution in [-0.4, -0.2) is 54.3 Å². The van der Waals surface area contributed by atoms with Gasteiger partial charge in [-0.2, -0.15) is 0 Å². The van der Waals surface area contributed by atoms with Gasteiger partial charge in [0.1, 0.15) is 12.7 Å². The predicted octanol–water partition coefficient (Wildman–Crippen LogP) is 2.69. The first-order valence-corrected chi connectivity index (χ1v) is 11.5. The van der Waals surface area contributed by atoms with Crippen molar-refractivity contribution in [2.24, 2.45) is 0 Å². The van der Waals surface area contributed by atoms with Crippen molar-refractivity contribution in [1.29, 1.82) is 0 Å². The highest BCUT2D eigenvalue weighted by atomic mass is 31.2. The Kier molecular flexibility index (Phi) is 16.3. The van der Waals surface area contributed by atoms with Gasteiger partial charge in [-0.05, 0) is 6.42 Å². The lowest BCUT2D eigenvalue weighted by Gasteiger charge is -2.15. The molecule has 0 aliphatic rings. The predicted molar refractivity (Wildman–Crippen MR) is 105 cm³/mol. The Balaban J connectivity index is 3.73. The van der Waals surface area contributed by atoms with Crippen LogP contribution in [0, 0.1) is 0 Å². The quantitative estimate of drug-likeness (QED) is 0.174. The Morgan fingerprint density at radius 3 is 2.29 bits per heavy atom. The molecule has 28 heavy (non-hydrogen) atoms. The van der Waals surface area contributed by atoms with Crippen LogP contribution >= 0.6 is 7.82 Å². The van der Waals surface area contributed by atoms with Gasteiger partial charge in [0, 0.05) is 19.4 Å². The van der Waals surface area contributed by atoms with Crippen LogP contribution < -0.4 is 5.32 Å². The van der Waals surface area contributed by atoms with Gasteiger partial charge in [-0.3, -0.25) is 18.6 Å². The van der Waals surface area contributed by atoms with E-state index in [0.29, 0.717) is 6.42 Å². The maximum atomic E-state index is 11.6. The smallest absolute Gasteiger partial charge is 0.463 e. The van der Waals surface area contributed by atoms with Crippen LogP contribution in [0.4, 0.5) is 0 Å². The fourth-order valence-electron chi connectivity index (χ4n) is 2.23. The molecule has 1 amide bonds. The molecule has 166 valence electrons. The van der Waals surface area contributed by atoms with E-state index in [1.807, 2.05) is 0 Å². The summed E-state index contributed by atoms with van der Waals surface area (Å²) in [4.78, 5) is 32.1. The van der Waals surface area contributed by atoms with Gasteiger partial charge >= 0.3 is 13.8 Å². The number of esters is 1. The van der Waals surface area contributed by atoms with Crippen molar-refractivity contribution in [3.8, 4) is 0 Å². The van der Waals surface area contributed by atoms with E-state index in [1.165, 1.54) is 25.7 Å². The Hall–Kier alpha value is -0.990. The van der Waals surface area contributed by atoms with Crippen molar-refractivity contribution in [3.63, 3.8) is 0 Å². The number of amides is 1. The first-order chi connectivity index (χ1) is 13.3. The summed E-state index contributed by atoms with van der Waals surface area (Å²) >= 11 is 0. The van der Waals surface area contributed by atoms with Crippen LogP contribution in [0.1, 0.15) is 71.6 Å². The number of phosphoric acid groups is 1. The summed E-state index contributed by atoms with van der Waals surface area (Å²) in [6.07, 6.45) is 6.99. The summed E-state index contributed by atoms with van der Waals surface area (Å²) in [5, 5.41) is 12.2. The van der Waals surface area contributed by atoms with E-state index in [9.17, 15) is 24.2 Å². The van der Waals surface area contributed by atoms with Gasteiger partial charge in [-0.15, -0.1) is 0 Å².